The van der Waals surface area contributed by atoms with Crippen LogP contribution in [0.15, 0.2) is 18.2 Å². The molecule has 0 aliphatic carbocycles. The number of aromatic hydroxyl groups is 1. The average molecular weight is 262 g/mol. The van der Waals surface area contributed by atoms with Gasteiger partial charge in [-0.1, -0.05) is 18.9 Å². The molecule has 4 nitrogen and oxygen atoms in total. The van der Waals surface area contributed by atoms with Crippen molar-refractivity contribution in [3.05, 3.63) is 29.3 Å². The SMILES string of the molecule is Cc1ccc(C(=O)N2CCCCCC2CN)cc1O. The van der Waals surface area contributed by atoms with Gasteiger partial charge in [-0.05, 0) is 37.5 Å². The van der Waals surface area contributed by atoms with Crippen LogP contribution in [-0.4, -0.2) is 35.0 Å². The summed E-state index contributed by atoms with van der Waals surface area (Å²) in [5, 5.41) is 9.73. The molecule has 1 heterocycles. The van der Waals surface area contributed by atoms with Crippen LogP contribution in [0.5, 0.6) is 5.75 Å². The standard InChI is InChI=1S/C15H22N2O2/c1-11-6-7-12(9-14(11)18)15(19)17-8-4-2-3-5-13(17)10-16/h6-7,9,13,18H,2-5,8,10,16H2,1H3. The summed E-state index contributed by atoms with van der Waals surface area (Å²) in [5.74, 6) is 0.151. The van der Waals surface area contributed by atoms with Crippen LogP contribution >= 0.6 is 0 Å². The molecule has 1 amide bonds. The summed E-state index contributed by atoms with van der Waals surface area (Å²) in [6, 6.07) is 5.22. The number of likely N-dealkylation sites (tertiary alicyclic amines) is 1. The Bertz CT molecular complexity index is 459. The average Bonchev–Trinajstić information content (AvgIpc) is 2.66. The second-order valence-electron chi connectivity index (χ2n) is 5.24. The zero-order valence-corrected chi connectivity index (χ0v) is 11.4. The number of benzene rings is 1. The summed E-state index contributed by atoms with van der Waals surface area (Å²) >= 11 is 0. The number of phenols is 1. The number of hydrogen-bond acceptors (Lipinski definition) is 3. The first-order valence-corrected chi connectivity index (χ1v) is 6.94. The highest BCUT2D eigenvalue weighted by Crippen LogP contribution is 2.22. The lowest BCUT2D eigenvalue weighted by molar-refractivity contribution is 0.0688. The normalized spacial score (nSPS) is 20.1. The molecule has 2 rings (SSSR count). The molecule has 104 valence electrons. The Morgan fingerprint density at radius 3 is 2.89 bits per heavy atom. The van der Waals surface area contributed by atoms with E-state index in [4.69, 9.17) is 5.73 Å². The number of aryl methyl sites for hydroxylation is 1. The molecule has 4 heteroatoms. The van der Waals surface area contributed by atoms with E-state index in [1.165, 1.54) is 0 Å². The molecular weight excluding hydrogens is 240 g/mol. The number of amides is 1. The number of nitrogens with two attached hydrogens (primary N) is 1. The van der Waals surface area contributed by atoms with E-state index in [1.54, 1.807) is 18.2 Å². The van der Waals surface area contributed by atoms with Crippen LogP contribution in [0.3, 0.4) is 0 Å². The molecule has 1 unspecified atom stereocenters. The molecule has 0 aromatic heterocycles. The van der Waals surface area contributed by atoms with Crippen molar-refractivity contribution in [3.63, 3.8) is 0 Å². The lowest BCUT2D eigenvalue weighted by Crippen LogP contribution is -2.44. The third-order valence-corrected chi connectivity index (χ3v) is 3.87. The molecule has 1 aromatic rings. The van der Waals surface area contributed by atoms with Crippen LogP contribution in [0.2, 0.25) is 0 Å². The summed E-state index contributed by atoms with van der Waals surface area (Å²) in [6.45, 7) is 3.08. The number of nitrogens with zero attached hydrogens (tertiary/aromatic N) is 1. The quantitative estimate of drug-likeness (QED) is 0.857. The molecule has 19 heavy (non-hydrogen) atoms. The highest BCUT2D eigenvalue weighted by atomic mass is 16.3. The molecule has 0 radical (unpaired) electrons. The number of carbonyl (C=O) groups excluding carboxylic acids is 1. The van der Waals surface area contributed by atoms with Crippen molar-refractivity contribution in [1.82, 2.24) is 4.90 Å². The Hall–Kier alpha value is -1.55. The van der Waals surface area contributed by atoms with E-state index in [0.29, 0.717) is 12.1 Å². The summed E-state index contributed by atoms with van der Waals surface area (Å²) in [6.07, 6.45) is 4.28. The molecule has 1 saturated heterocycles. The maximum atomic E-state index is 12.5. The van der Waals surface area contributed by atoms with Gasteiger partial charge >= 0.3 is 0 Å². The van der Waals surface area contributed by atoms with Gasteiger partial charge < -0.3 is 15.7 Å². The fraction of sp³-hybridized carbons (Fsp3) is 0.533. The van der Waals surface area contributed by atoms with Crippen LogP contribution in [0.25, 0.3) is 0 Å². The molecule has 1 aromatic carbocycles. The smallest absolute Gasteiger partial charge is 0.254 e. The minimum atomic E-state index is -0.0207. The molecule has 1 aliphatic rings. The van der Waals surface area contributed by atoms with Crippen molar-refractivity contribution in [1.29, 1.82) is 0 Å². The predicted octanol–water partition coefficient (Wildman–Crippen LogP) is 2.04. The minimum Gasteiger partial charge on any atom is -0.508 e. The molecule has 1 aliphatic heterocycles. The van der Waals surface area contributed by atoms with Crippen molar-refractivity contribution in [2.45, 2.75) is 38.6 Å². The van der Waals surface area contributed by atoms with Gasteiger partial charge in [0, 0.05) is 24.7 Å². The minimum absolute atomic E-state index is 0.0207. The Balaban J connectivity index is 2.22. The van der Waals surface area contributed by atoms with Crippen molar-refractivity contribution in [2.24, 2.45) is 5.73 Å². The number of hydrogen-bond donors (Lipinski definition) is 2. The van der Waals surface area contributed by atoms with Gasteiger partial charge in [0.05, 0.1) is 0 Å². The largest absolute Gasteiger partial charge is 0.508 e. The van der Waals surface area contributed by atoms with Crippen LogP contribution in [0.4, 0.5) is 0 Å². The Kier molecular flexibility index (Phi) is 4.43. The van der Waals surface area contributed by atoms with Gasteiger partial charge in [0.1, 0.15) is 5.75 Å². The second kappa shape index (κ2) is 6.06. The lowest BCUT2D eigenvalue weighted by atomic mass is 10.1. The van der Waals surface area contributed by atoms with E-state index in [0.717, 1.165) is 37.8 Å². The van der Waals surface area contributed by atoms with Gasteiger partial charge in [0.2, 0.25) is 0 Å². The molecular formula is C15H22N2O2. The Morgan fingerprint density at radius 2 is 2.21 bits per heavy atom. The molecule has 0 bridgehead atoms. The van der Waals surface area contributed by atoms with E-state index in [-0.39, 0.29) is 17.7 Å². The summed E-state index contributed by atoms with van der Waals surface area (Å²) in [7, 11) is 0. The summed E-state index contributed by atoms with van der Waals surface area (Å²) in [5.41, 5.74) is 7.11. The highest BCUT2D eigenvalue weighted by Gasteiger charge is 2.25. The molecule has 0 spiro atoms. The van der Waals surface area contributed by atoms with E-state index < -0.39 is 0 Å². The van der Waals surface area contributed by atoms with E-state index in [9.17, 15) is 9.90 Å². The van der Waals surface area contributed by atoms with Gasteiger partial charge in [0.25, 0.3) is 5.91 Å². The number of carbonyl (C=O) groups is 1. The zero-order valence-electron chi connectivity index (χ0n) is 11.4. The number of rotatable bonds is 2. The first-order valence-electron chi connectivity index (χ1n) is 6.94. The third kappa shape index (κ3) is 3.07. The zero-order chi connectivity index (χ0) is 13.8. The van der Waals surface area contributed by atoms with Gasteiger partial charge in [0.15, 0.2) is 0 Å². The van der Waals surface area contributed by atoms with E-state index in [1.807, 2.05) is 11.8 Å². The topological polar surface area (TPSA) is 66.6 Å². The molecule has 1 atom stereocenters. The summed E-state index contributed by atoms with van der Waals surface area (Å²) in [4.78, 5) is 14.4. The fourth-order valence-electron chi connectivity index (χ4n) is 2.60. The van der Waals surface area contributed by atoms with Crippen LogP contribution in [0.1, 0.15) is 41.6 Å². The van der Waals surface area contributed by atoms with Crippen molar-refractivity contribution < 1.29 is 9.90 Å². The monoisotopic (exact) mass is 262 g/mol. The van der Waals surface area contributed by atoms with Crippen molar-refractivity contribution in [2.75, 3.05) is 13.1 Å². The van der Waals surface area contributed by atoms with Crippen LogP contribution in [-0.2, 0) is 0 Å². The Morgan fingerprint density at radius 1 is 1.42 bits per heavy atom. The molecule has 3 N–H and O–H groups in total. The van der Waals surface area contributed by atoms with Crippen molar-refractivity contribution in [3.8, 4) is 5.75 Å². The van der Waals surface area contributed by atoms with Crippen molar-refractivity contribution >= 4 is 5.91 Å². The van der Waals surface area contributed by atoms with E-state index in [2.05, 4.69) is 0 Å². The van der Waals surface area contributed by atoms with E-state index >= 15 is 0 Å². The fourth-order valence-corrected chi connectivity index (χ4v) is 2.60. The number of phenolic OH excluding ortho intramolecular Hbond substituents is 1. The molecule has 0 saturated carbocycles. The molecule has 1 fully saturated rings. The first kappa shape index (κ1) is 13.9. The first-order chi connectivity index (χ1) is 9.13. The van der Waals surface area contributed by atoms with Gasteiger partial charge in [-0.3, -0.25) is 4.79 Å². The Labute approximate surface area is 114 Å². The highest BCUT2D eigenvalue weighted by molar-refractivity contribution is 5.95. The maximum Gasteiger partial charge on any atom is 0.254 e. The predicted molar refractivity (Wildman–Crippen MR) is 75.2 cm³/mol. The lowest BCUT2D eigenvalue weighted by Gasteiger charge is -2.29. The second-order valence-corrected chi connectivity index (χ2v) is 5.24. The van der Waals surface area contributed by atoms with Gasteiger partial charge in [-0.15, -0.1) is 0 Å². The maximum absolute atomic E-state index is 12.5. The van der Waals surface area contributed by atoms with Gasteiger partial charge in [-0.25, -0.2) is 0 Å². The summed E-state index contributed by atoms with van der Waals surface area (Å²) < 4.78 is 0. The van der Waals surface area contributed by atoms with Crippen LogP contribution in [0, 0.1) is 6.92 Å². The third-order valence-electron chi connectivity index (χ3n) is 3.87. The van der Waals surface area contributed by atoms with Crippen LogP contribution < -0.4 is 5.73 Å². The van der Waals surface area contributed by atoms with Gasteiger partial charge in [-0.2, -0.15) is 0 Å².